The molecule has 18 heavy (non-hydrogen) atoms. The minimum absolute atomic E-state index is 1.16. The van der Waals surface area contributed by atoms with E-state index in [2.05, 4.69) is 4.74 Å². The van der Waals surface area contributed by atoms with Crippen LogP contribution >= 0.6 is 69.6 Å². The molecule has 3 unspecified atom stereocenters. The number of rotatable bonds is 2. The predicted molar refractivity (Wildman–Crippen MR) is 73.0 cm³/mol. The maximum atomic E-state index is 11.7. The van der Waals surface area contributed by atoms with Crippen LogP contribution in [0.3, 0.4) is 0 Å². The number of ether oxygens (including phenoxy) is 1. The number of allylic oxidation sites excluding steroid dienone is 2. The zero-order chi connectivity index (χ0) is 14.4. The summed E-state index contributed by atoms with van der Waals surface area (Å²) in [7, 11) is 0. The SMILES string of the molecule is CC=CC(Cl)C1(Cl)C(=O)OC(=O)C1(Cl)C(Cl)(Cl)Cl. The second-order valence-corrected chi connectivity index (χ2v) is 7.39. The van der Waals surface area contributed by atoms with E-state index >= 15 is 0 Å². The van der Waals surface area contributed by atoms with Crippen molar-refractivity contribution in [2.75, 3.05) is 0 Å². The number of cyclic esters (lactones) is 2. The van der Waals surface area contributed by atoms with Gasteiger partial charge in [-0.25, -0.2) is 9.59 Å². The highest BCUT2D eigenvalue weighted by Gasteiger charge is 2.77. The van der Waals surface area contributed by atoms with Crippen molar-refractivity contribution in [2.45, 2.75) is 25.8 Å². The molecule has 0 bridgehead atoms. The Morgan fingerprint density at radius 3 is 2.11 bits per heavy atom. The largest absolute Gasteiger partial charge is 0.390 e. The van der Waals surface area contributed by atoms with Gasteiger partial charge in [-0.15, -0.1) is 23.2 Å². The van der Waals surface area contributed by atoms with Crippen LogP contribution in [-0.2, 0) is 14.3 Å². The summed E-state index contributed by atoms with van der Waals surface area (Å²) in [5.74, 6) is -2.41. The van der Waals surface area contributed by atoms with Gasteiger partial charge in [-0.05, 0) is 6.92 Å². The molecule has 1 fully saturated rings. The molecule has 0 aromatic rings. The third-order valence-corrected chi connectivity index (χ3v) is 5.63. The first-order valence-corrected chi connectivity index (χ1v) is 6.84. The zero-order valence-electron chi connectivity index (χ0n) is 8.72. The van der Waals surface area contributed by atoms with Gasteiger partial charge in [0.05, 0.1) is 5.38 Å². The molecule has 0 radical (unpaired) electrons. The summed E-state index contributed by atoms with van der Waals surface area (Å²) in [6.45, 7) is 1.63. The molecule has 0 aliphatic carbocycles. The number of halogens is 6. The average molecular weight is 375 g/mol. The quantitative estimate of drug-likeness (QED) is 0.321. The summed E-state index contributed by atoms with van der Waals surface area (Å²) in [4.78, 5) is 18.8. The standard InChI is InChI=1S/C9H6Cl6O3/c1-2-3-4(10)7(11)5(16)18-6(17)8(7,12)9(13,14)15/h2-4H,1H3. The summed E-state index contributed by atoms with van der Waals surface area (Å²) in [6.07, 6.45) is 2.84. The highest BCUT2D eigenvalue weighted by Crippen LogP contribution is 2.58. The van der Waals surface area contributed by atoms with Gasteiger partial charge < -0.3 is 4.74 Å². The van der Waals surface area contributed by atoms with E-state index in [1.165, 1.54) is 12.2 Å². The van der Waals surface area contributed by atoms with Gasteiger partial charge >= 0.3 is 11.9 Å². The third kappa shape index (κ3) is 2.13. The van der Waals surface area contributed by atoms with Crippen LogP contribution in [0.2, 0.25) is 0 Å². The topological polar surface area (TPSA) is 43.4 Å². The molecule has 1 heterocycles. The predicted octanol–water partition coefficient (Wildman–Crippen LogP) is 3.58. The van der Waals surface area contributed by atoms with Gasteiger partial charge in [0, 0.05) is 0 Å². The molecule has 1 saturated heterocycles. The van der Waals surface area contributed by atoms with E-state index in [9.17, 15) is 9.59 Å². The van der Waals surface area contributed by atoms with E-state index < -0.39 is 30.9 Å². The molecule has 0 aromatic heterocycles. The fraction of sp³-hybridized carbons (Fsp3) is 0.556. The van der Waals surface area contributed by atoms with Crippen LogP contribution in [0.15, 0.2) is 12.2 Å². The van der Waals surface area contributed by atoms with Crippen LogP contribution in [0, 0.1) is 0 Å². The summed E-state index contributed by atoms with van der Waals surface area (Å²) < 4.78 is 1.99. The Hall–Kier alpha value is 0.620. The number of hydrogen-bond acceptors (Lipinski definition) is 3. The van der Waals surface area contributed by atoms with E-state index in [0.29, 0.717) is 0 Å². The minimum atomic E-state index is -2.42. The molecule has 1 aliphatic heterocycles. The van der Waals surface area contributed by atoms with Gasteiger partial charge in [-0.1, -0.05) is 58.6 Å². The smallest absolute Gasteiger partial charge is 0.341 e. The third-order valence-electron chi connectivity index (χ3n) is 2.40. The van der Waals surface area contributed by atoms with E-state index in [4.69, 9.17) is 69.6 Å². The van der Waals surface area contributed by atoms with Crippen LogP contribution in [0.1, 0.15) is 6.92 Å². The molecule has 102 valence electrons. The Morgan fingerprint density at radius 2 is 1.72 bits per heavy atom. The average Bonchev–Trinajstić information content (AvgIpc) is 2.41. The van der Waals surface area contributed by atoms with Gasteiger partial charge in [0.25, 0.3) is 0 Å². The van der Waals surface area contributed by atoms with Gasteiger partial charge in [-0.3, -0.25) is 0 Å². The summed E-state index contributed by atoms with van der Waals surface area (Å²) >= 11 is 35.0. The number of esters is 2. The molecule has 3 atom stereocenters. The minimum Gasteiger partial charge on any atom is -0.390 e. The van der Waals surface area contributed by atoms with E-state index in [-0.39, 0.29) is 0 Å². The first kappa shape index (κ1) is 16.7. The number of alkyl halides is 6. The Morgan fingerprint density at radius 1 is 1.22 bits per heavy atom. The van der Waals surface area contributed by atoms with Crippen LogP contribution in [0.4, 0.5) is 0 Å². The highest BCUT2D eigenvalue weighted by molar-refractivity contribution is 6.75. The maximum absolute atomic E-state index is 11.7. The first-order chi connectivity index (χ1) is 8.03. The Balaban J connectivity index is 3.47. The molecule has 9 heteroatoms. The Labute approximate surface area is 133 Å². The molecule has 3 nitrogen and oxygen atoms in total. The van der Waals surface area contributed by atoms with Gasteiger partial charge in [0.15, 0.2) is 4.87 Å². The Kier molecular flexibility index (Phi) is 4.81. The summed E-state index contributed by atoms with van der Waals surface area (Å²) in [5.41, 5.74) is 0. The van der Waals surface area contributed by atoms with Crippen molar-refractivity contribution in [1.29, 1.82) is 0 Å². The molecular formula is C9H6Cl6O3. The first-order valence-electron chi connectivity index (χ1n) is 4.51. The van der Waals surface area contributed by atoms with E-state index in [0.717, 1.165) is 0 Å². The number of carbonyl (C=O) groups excluding carboxylic acids is 2. The van der Waals surface area contributed by atoms with Crippen molar-refractivity contribution < 1.29 is 14.3 Å². The molecule has 1 aliphatic rings. The second kappa shape index (κ2) is 5.19. The molecule has 0 saturated carbocycles. The van der Waals surface area contributed by atoms with Gasteiger partial charge in [0.2, 0.25) is 8.67 Å². The van der Waals surface area contributed by atoms with Crippen molar-refractivity contribution in [1.82, 2.24) is 0 Å². The lowest BCUT2D eigenvalue weighted by Crippen LogP contribution is -2.61. The zero-order valence-corrected chi connectivity index (χ0v) is 13.3. The summed E-state index contributed by atoms with van der Waals surface area (Å²) in [5, 5.41) is -1.20. The van der Waals surface area contributed by atoms with Crippen molar-refractivity contribution in [2.24, 2.45) is 0 Å². The maximum Gasteiger partial charge on any atom is 0.341 e. The van der Waals surface area contributed by atoms with Crippen molar-refractivity contribution in [3.05, 3.63) is 12.2 Å². The van der Waals surface area contributed by atoms with Crippen LogP contribution in [-0.4, -0.2) is 30.9 Å². The molecule has 0 amide bonds. The van der Waals surface area contributed by atoms with Crippen molar-refractivity contribution in [3.8, 4) is 0 Å². The van der Waals surface area contributed by atoms with E-state index in [1.54, 1.807) is 6.92 Å². The lowest BCUT2D eigenvalue weighted by molar-refractivity contribution is -0.153. The fourth-order valence-corrected chi connectivity index (χ4v) is 3.29. The second-order valence-electron chi connectivity index (χ2n) is 3.47. The van der Waals surface area contributed by atoms with Crippen molar-refractivity contribution >= 4 is 81.5 Å². The highest BCUT2D eigenvalue weighted by atomic mass is 35.6. The van der Waals surface area contributed by atoms with Crippen LogP contribution in [0.5, 0.6) is 0 Å². The molecule has 0 aromatic carbocycles. The molecule has 0 spiro atoms. The monoisotopic (exact) mass is 372 g/mol. The fourth-order valence-electron chi connectivity index (χ4n) is 1.44. The van der Waals surface area contributed by atoms with E-state index in [1.807, 2.05) is 0 Å². The van der Waals surface area contributed by atoms with Crippen LogP contribution in [0.25, 0.3) is 0 Å². The number of carbonyl (C=O) groups is 2. The molecule has 1 rings (SSSR count). The van der Waals surface area contributed by atoms with Gasteiger partial charge in [0.1, 0.15) is 0 Å². The van der Waals surface area contributed by atoms with Gasteiger partial charge in [-0.2, -0.15) is 0 Å². The Bertz CT molecular complexity index is 417. The lowest BCUT2D eigenvalue weighted by Gasteiger charge is -2.36. The molecular weight excluding hydrogens is 369 g/mol. The number of hydrogen-bond donors (Lipinski definition) is 0. The normalized spacial score (nSPS) is 35.1. The molecule has 0 N–H and O–H groups in total. The van der Waals surface area contributed by atoms with Crippen molar-refractivity contribution in [3.63, 3.8) is 0 Å². The van der Waals surface area contributed by atoms with Crippen LogP contribution < -0.4 is 0 Å². The summed E-state index contributed by atoms with van der Waals surface area (Å²) in [6, 6.07) is 0. The lowest BCUT2D eigenvalue weighted by atomic mass is 9.90.